The molecular formula is C22H28S3. The Bertz CT molecular complexity index is 697. The quantitative estimate of drug-likeness (QED) is 0.305. The van der Waals surface area contributed by atoms with Crippen molar-refractivity contribution in [2.75, 3.05) is 0 Å². The van der Waals surface area contributed by atoms with Crippen molar-refractivity contribution in [3.8, 4) is 19.5 Å². The zero-order chi connectivity index (χ0) is 17.5. The van der Waals surface area contributed by atoms with E-state index in [4.69, 9.17) is 0 Å². The van der Waals surface area contributed by atoms with Crippen molar-refractivity contribution in [3.63, 3.8) is 0 Å². The fraction of sp³-hybridized carbons (Fsp3) is 0.455. The summed E-state index contributed by atoms with van der Waals surface area (Å²) in [6.07, 6.45) is 10.4. The van der Waals surface area contributed by atoms with E-state index in [9.17, 15) is 0 Å². The molecule has 3 aromatic rings. The van der Waals surface area contributed by atoms with Crippen LogP contribution < -0.4 is 0 Å². The average Bonchev–Trinajstić information content (AvgIpc) is 3.35. The molecule has 0 N–H and O–H groups in total. The summed E-state index contributed by atoms with van der Waals surface area (Å²) in [5, 5.41) is 0. The maximum atomic E-state index is 2.33. The first-order chi connectivity index (χ1) is 12.3. The van der Waals surface area contributed by atoms with Crippen molar-refractivity contribution in [2.45, 2.75) is 65.2 Å². The zero-order valence-corrected chi connectivity index (χ0v) is 17.8. The lowest BCUT2D eigenvalue weighted by Gasteiger charge is -1.95. The van der Waals surface area contributed by atoms with E-state index in [2.05, 4.69) is 50.2 Å². The average molecular weight is 389 g/mol. The Labute approximate surface area is 164 Å². The van der Waals surface area contributed by atoms with Gasteiger partial charge in [0.15, 0.2) is 0 Å². The molecule has 0 aliphatic carbocycles. The van der Waals surface area contributed by atoms with Crippen molar-refractivity contribution in [2.24, 2.45) is 0 Å². The molecule has 134 valence electrons. The van der Waals surface area contributed by atoms with Crippen LogP contribution in [0.4, 0.5) is 0 Å². The summed E-state index contributed by atoms with van der Waals surface area (Å²) < 4.78 is 0. The number of hydrogen-bond donors (Lipinski definition) is 0. The summed E-state index contributed by atoms with van der Waals surface area (Å²) in [7, 11) is 0. The Morgan fingerprint density at radius 2 is 0.920 bits per heavy atom. The third-order valence-electron chi connectivity index (χ3n) is 4.47. The van der Waals surface area contributed by atoms with Crippen molar-refractivity contribution in [1.29, 1.82) is 0 Å². The molecule has 0 saturated carbocycles. The molecule has 0 bridgehead atoms. The van der Waals surface area contributed by atoms with Crippen LogP contribution in [-0.2, 0) is 12.8 Å². The Balaban J connectivity index is 1.64. The Morgan fingerprint density at radius 1 is 0.520 bits per heavy atom. The number of unbranched alkanes of at least 4 members (excludes halogenated alkanes) is 4. The lowest BCUT2D eigenvalue weighted by molar-refractivity contribution is 0.722. The molecule has 25 heavy (non-hydrogen) atoms. The second-order valence-corrected chi connectivity index (χ2v) is 10.0. The Hall–Kier alpha value is -0.900. The smallest absolute Gasteiger partial charge is 0.0449 e. The number of aryl methyl sites for hydroxylation is 2. The van der Waals surface area contributed by atoms with E-state index in [-0.39, 0.29) is 0 Å². The SMILES string of the molecule is CCCCCc1ccc(-c2ccc(-c3ccc(CCCCC)s3)s2)s1. The van der Waals surface area contributed by atoms with Gasteiger partial charge in [-0.15, -0.1) is 34.0 Å². The fourth-order valence-corrected chi connectivity index (χ4v) is 6.28. The van der Waals surface area contributed by atoms with Crippen molar-refractivity contribution in [3.05, 3.63) is 46.2 Å². The maximum absolute atomic E-state index is 2.33. The van der Waals surface area contributed by atoms with Crippen LogP contribution in [0.3, 0.4) is 0 Å². The largest absolute Gasteiger partial charge is 0.139 e. The summed E-state index contributed by atoms with van der Waals surface area (Å²) in [5.41, 5.74) is 0. The van der Waals surface area contributed by atoms with Gasteiger partial charge in [-0.2, -0.15) is 0 Å². The molecule has 0 nitrogen and oxygen atoms in total. The number of rotatable bonds is 10. The molecule has 0 unspecified atom stereocenters. The third kappa shape index (κ3) is 5.29. The van der Waals surface area contributed by atoms with E-state index >= 15 is 0 Å². The third-order valence-corrected chi connectivity index (χ3v) is 8.24. The van der Waals surface area contributed by atoms with Gasteiger partial charge in [-0.25, -0.2) is 0 Å². The molecule has 0 radical (unpaired) electrons. The van der Waals surface area contributed by atoms with E-state index in [0.29, 0.717) is 0 Å². The van der Waals surface area contributed by atoms with Crippen LogP contribution in [0, 0.1) is 0 Å². The molecule has 3 aromatic heterocycles. The van der Waals surface area contributed by atoms with Crippen molar-refractivity contribution >= 4 is 34.0 Å². The lowest BCUT2D eigenvalue weighted by Crippen LogP contribution is -1.78. The van der Waals surface area contributed by atoms with Crippen LogP contribution in [0.25, 0.3) is 19.5 Å². The highest BCUT2D eigenvalue weighted by atomic mass is 32.1. The van der Waals surface area contributed by atoms with Gasteiger partial charge in [-0.1, -0.05) is 39.5 Å². The van der Waals surface area contributed by atoms with Gasteiger partial charge in [0.1, 0.15) is 0 Å². The molecular weight excluding hydrogens is 360 g/mol. The van der Waals surface area contributed by atoms with Crippen LogP contribution in [0.5, 0.6) is 0 Å². The number of hydrogen-bond acceptors (Lipinski definition) is 3. The Morgan fingerprint density at radius 3 is 1.36 bits per heavy atom. The van der Waals surface area contributed by atoms with Gasteiger partial charge < -0.3 is 0 Å². The molecule has 0 aliphatic heterocycles. The highest BCUT2D eigenvalue weighted by Gasteiger charge is 2.09. The van der Waals surface area contributed by atoms with E-state index < -0.39 is 0 Å². The minimum absolute atomic E-state index is 1.24. The molecule has 0 saturated heterocycles. The Kier molecular flexibility index (Phi) is 7.33. The van der Waals surface area contributed by atoms with Crippen molar-refractivity contribution in [1.82, 2.24) is 0 Å². The van der Waals surface area contributed by atoms with Gasteiger partial charge in [-0.3, -0.25) is 0 Å². The molecule has 0 amide bonds. The summed E-state index contributed by atoms with van der Waals surface area (Å²) in [6, 6.07) is 13.9. The van der Waals surface area contributed by atoms with Gasteiger partial charge in [0.25, 0.3) is 0 Å². The predicted octanol–water partition coefficient (Wildman–Crippen LogP) is 8.67. The van der Waals surface area contributed by atoms with E-state index in [1.165, 1.54) is 80.6 Å². The lowest BCUT2D eigenvalue weighted by atomic mass is 10.2. The molecule has 0 fully saturated rings. The van der Waals surface area contributed by atoms with Crippen LogP contribution in [0.1, 0.15) is 62.1 Å². The minimum atomic E-state index is 1.24. The van der Waals surface area contributed by atoms with E-state index in [1.807, 2.05) is 34.0 Å². The molecule has 0 atom stereocenters. The topological polar surface area (TPSA) is 0 Å². The van der Waals surface area contributed by atoms with Crippen molar-refractivity contribution < 1.29 is 0 Å². The first-order valence-corrected chi connectivity index (χ1v) is 12.0. The predicted molar refractivity (Wildman–Crippen MR) is 117 cm³/mol. The second-order valence-electron chi connectivity index (χ2n) is 6.61. The zero-order valence-electron chi connectivity index (χ0n) is 15.3. The molecule has 0 spiro atoms. The van der Waals surface area contributed by atoms with Gasteiger partial charge in [0.2, 0.25) is 0 Å². The highest BCUT2D eigenvalue weighted by Crippen LogP contribution is 2.40. The summed E-state index contributed by atoms with van der Waals surface area (Å²) in [6.45, 7) is 4.54. The summed E-state index contributed by atoms with van der Waals surface area (Å²) >= 11 is 5.90. The fourth-order valence-electron chi connectivity index (χ4n) is 2.99. The molecule has 0 aliphatic rings. The van der Waals surface area contributed by atoms with Crippen LogP contribution >= 0.6 is 34.0 Å². The molecule has 3 rings (SSSR count). The first-order valence-electron chi connectivity index (χ1n) is 9.58. The first kappa shape index (κ1) is 18.9. The van der Waals surface area contributed by atoms with Crippen LogP contribution in [0.15, 0.2) is 36.4 Å². The molecule has 3 heteroatoms. The number of thiophene rings is 3. The summed E-state index contributed by atoms with van der Waals surface area (Å²) in [4.78, 5) is 8.77. The van der Waals surface area contributed by atoms with Gasteiger partial charge in [0, 0.05) is 29.3 Å². The second kappa shape index (κ2) is 9.70. The van der Waals surface area contributed by atoms with Gasteiger partial charge >= 0.3 is 0 Å². The van der Waals surface area contributed by atoms with Gasteiger partial charge in [0.05, 0.1) is 0 Å². The molecule has 3 heterocycles. The van der Waals surface area contributed by atoms with E-state index in [1.54, 1.807) is 0 Å². The van der Waals surface area contributed by atoms with Crippen LogP contribution in [-0.4, -0.2) is 0 Å². The standard InChI is InChI=1S/C22H28S3/c1-3-5-7-9-17-11-13-19(23-17)21-15-16-22(25-21)20-14-12-18(24-20)10-8-6-4-2/h11-16H,3-10H2,1-2H3. The monoisotopic (exact) mass is 388 g/mol. The van der Waals surface area contributed by atoms with Gasteiger partial charge in [-0.05, 0) is 62.1 Å². The normalized spacial score (nSPS) is 11.3. The minimum Gasteiger partial charge on any atom is -0.139 e. The van der Waals surface area contributed by atoms with E-state index in [0.717, 1.165) is 0 Å². The molecule has 0 aromatic carbocycles. The summed E-state index contributed by atoms with van der Waals surface area (Å²) in [5.74, 6) is 0. The van der Waals surface area contributed by atoms with Crippen LogP contribution in [0.2, 0.25) is 0 Å². The highest BCUT2D eigenvalue weighted by molar-refractivity contribution is 7.26. The maximum Gasteiger partial charge on any atom is 0.0449 e.